The molecule has 0 aliphatic carbocycles. The number of hydrogen-bond donors (Lipinski definition) is 4. The molecule has 98 valence electrons. The lowest BCUT2D eigenvalue weighted by Gasteiger charge is -2.18. The molecule has 1 aromatic rings. The van der Waals surface area contributed by atoms with Crippen LogP contribution in [-0.4, -0.2) is 27.8 Å². The highest BCUT2D eigenvalue weighted by Gasteiger charge is 2.22. The van der Waals surface area contributed by atoms with E-state index >= 15 is 0 Å². The third kappa shape index (κ3) is 3.39. The lowest BCUT2D eigenvalue weighted by Crippen LogP contribution is -2.47. The Balaban J connectivity index is 2.83. The lowest BCUT2D eigenvalue weighted by atomic mass is 10.0. The topological polar surface area (TPSA) is 136 Å². The number of amides is 2. The minimum Gasteiger partial charge on any atom is -0.368 e. The zero-order valence-corrected chi connectivity index (χ0v) is 10.2. The highest BCUT2D eigenvalue weighted by molar-refractivity contribution is 5.95. The number of anilines is 1. The molecule has 1 aromatic heterocycles. The highest BCUT2D eigenvalue weighted by atomic mass is 16.2. The summed E-state index contributed by atoms with van der Waals surface area (Å²) in [5, 5.41) is 2.50. The van der Waals surface area contributed by atoms with E-state index in [1.165, 1.54) is 12.4 Å². The van der Waals surface area contributed by atoms with Crippen molar-refractivity contribution in [2.24, 2.45) is 17.5 Å². The van der Waals surface area contributed by atoms with Crippen LogP contribution in [0.5, 0.6) is 0 Å². The van der Waals surface area contributed by atoms with E-state index in [1.54, 1.807) is 13.8 Å². The molecule has 2 amide bonds. The van der Waals surface area contributed by atoms with E-state index in [0.29, 0.717) is 0 Å². The highest BCUT2D eigenvalue weighted by Crippen LogP contribution is 2.04. The molecule has 0 spiro atoms. The Bertz CT molecular complexity index is 448. The fourth-order valence-corrected chi connectivity index (χ4v) is 1.33. The first-order chi connectivity index (χ1) is 8.45. The molecule has 0 saturated carbocycles. The minimum absolute atomic E-state index is 0.0531. The molecule has 0 fully saturated rings. The normalized spacial score (nSPS) is 12.0. The first-order valence-corrected chi connectivity index (χ1v) is 5.34. The number of primary amides is 1. The van der Waals surface area contributed by atoms with Crippen LogP contribution in [0, 0.1) is 5.92 Å². The smallest absolute Gasteiger partial charge is 0.272 e. The van der Waals surface area contributed by atoms with Gasteiger partial charge in [-0.05, 0) is 5.92 Å². The molecular weight excluding hydrogens is 236 g/mol. The quantitative estimate of drug-likeness (QED) is 0.392. The average molecular weight is 252 g/mol. The second-order valence-corrected chi connectivity index (χ2v) is 4.03. The van der Waals surface area contributed by atoms with Crippen molar-refractivity contribution in [3.05, 3.63) is 18.1 Å². The van der Waals surface area contributed by atoms with Gasteiger partial charge in [0.05, 0.1) is 12.4 Å². The Morgan fingerprint density at radius 1 is 1.33 bits per heavy atom. The van der Waals surface area contributed by atoms with Gasteiger partial charge in [0.25, 0.3) is 5.91 Å². The molecule has 0 aliphatic rings. The van der Waals surface area contributed by atoms with Gasteiger partial charge in [-0.1, -0.05) is 13.8 Å². The van der Waals surface area contributed by atoms with E-state index in [1.807, 2.05) is 0 Å². The van der Waals surface area contributed by atoms with E-state index in [0.717, 1.165) is 0 Å². The summed E-state index contributed by atoms with van der Waals surface area (Å²) in [7, 11) is 0. The minimum atomic E-state index is -0.756. The number of nitrogens with two attached hydrogens (primary N) is 2. The van der Waals surface area contributed by atoms with Gasteiger partial charge in [-0.15, -0.1) is 0 Å². The van der Waals surface area contributed by atoms with Gasteiger partial charge in [0.1, 0.15) is 11.7 Å². The Labute approximate surface area is 104 Å². The van der Waals surface area contributed by atoms with Crippen molar-refractivity contribution in [2.75, 3.05) is 5.43 Å². The van der Waals surface area contributed by atoms with Crippen molar-refractivity contribution < 1.29 is 9.59 Å². The van der Waals surface area contributed by atoms with E-state index < -0.39 is 17.9 Å². The van der Waals surface area contributed by atoms with E-state index in [9.17, 15) is 9.59 Å². The number of hydrogen-bond acceptors (Lipinski definition) is 6. The van der Waals surface area contributed by atoms with Gasteiger partial charge < -0.3 is 16.5 Å². The molecule has 0 aromatic carbocycles. The van der Waals surface area contributed by atoms with Crippen LogP contribution < -0.4 is 22.3 Å². The van der Waals surface area contributed by atoms with Crippen LogP contribution in [-0.2, 0) is 4.79 Å². The predicted molar refractivity (Wildman–Crippen MR) is 65.1 cm³/mol. The van der Waals surface area contributed by atoms with Crippen molar-refractivity contribution in [3.63, 3.8) is 0 Å². The van der Waals surface area contributed by atoms with Crippen LogP contribution >= 0.6 is 0 Å². The number of carbonyl (C=O) groups is 2. The van der Waals surface area contributed by atoms with Crippen LogP contribution in [0.25, 0.3) is 0 Å². The molecule has 1 atom stereocenters. The summed E-state index contributed by atoms with van der Waals surface area (Å²) in [6.07, 6.45) is 2.64. The van der Waals surface area contributed by atoms with Crippen molar-refractivity contribution >= 4 is 17.6 Å². The maximum atomic E-state index is 11.8. The Morgan fingerprint density at radius 2 is 2.00 bits per heavy atom. The van der Waals surface area contributed by atoms with Gasteiger partial charge in [0.2, 0.25) is 5.91 Å². The Morgan fingerprint density at radius 3 is 2.50 bits per heavy atom. The zero-order chi connectivity index (χ0) is 13.7. The van der Waals surface area contributed by atoms with Crippen molar-refractivity contribution in [2.45, 2.75) is 19.9 Å². The van der Waals surface area contributed by atoms with Crippen LogP contribution in [0.2, 0.25) is 0 Å². The molecule has 8 heteroatoms. The molecule has 0 aliphatic heterocycles. The molecular formula is C10H16N6O2. The largest absolute Gasteiger partial charge is 0.368 e. The first-order valence-electron chi connectivity index (χ1n) is 5.34. The molecule has 1 rings (SSSR count). The van der Waals surface area contributed by atoms with Crippen molar-refractivity contribution in [3.8, 4) is 0 Å². The third-order valence-corrected chi connectivity index (χ3v) is 2.27. The fraction of sp³-hybridized carbons (Fsp3) is 0.400. The zero-order valence-electron chi connectivity index (χ0n) is 10.2. The van der Waals surface area contributed by atoms with Crippen LogP contribution in [0.15, 0.2) is 12.4 Å². The number of hydrazine groups is 1. The van der Waals surface area contributed by atoms with Crippen LogP contribution in [0.3, 0.4) is 0 Å². The summed E-state index contributed by atoms with van der Waals surface area (Å²) in [5.41, 5.74) is 7.53. The summed E-state index contributed by atoms with van der Waals surface area (Å²) >= 11 is 0. The van der Waals surface area contributed by atoms with Crippen LogP contribution in [0.4, 0.5) is 5.82 Å². The van der Waals surface area contributed by atoms with E-state index in [-0.39, 0.29) is 17.4 Å². The lowest BCUT2D eigenvalue weighted by molar-refractivity contribution is -0.120. The van der Waals surface area contributed by atoms with Gasteiger partial charge in [-0.2, -0.15) is 0 Å². The summed E-state index contributed by atoms with van der Waals surface area (Å²) in [6, 6.07) is -0.756. The maximum Gasteiger partial charge on any atom is 0.272 e. The number of nitrogens with zero attached hydrogens (tertiary/aromatic N) is 2. The summed E-state index contributed by atoms with van der Waals surface area (Å²) in [5.74, 6) is 4.17. The van der Waals surface area contributed by atoms with Crippen molar-refractivity contribution in [1.82, 2.24) is 15.3 Å². The maximum absolute atomic E-state index is 11.8. The van der Waals surface area contributed by atoms with Gasteiger partial charge in [0.15, 0.2) is 5.82 Å². The average Bonchev–Trinajstić information content (AvgIpc) is 2.34. The SMILES string of the molecule is CC(C)C(NC(=O)c1cncc(NN)n1)C(N)=O. The molecule has 18 heavy (non-hydrogen) atoms. The number of aromatic nitrogens is 2. The number of carbonyl (C=O) groups excluding carboxylic acids is 2. The van der Waals surface area contributed by atoms with E-state index in [2.05, 4.69) is 20.7 Å². The number of rotatable bonds is 5. The summed E-state index contributed by atoms with van der Waals surface area (Å²) in [6.45, 7) is 3.55. The molecule has 6 N–H and O–H groups in total. The molecule has 8 nitrogen and oxygen atoms in total. The fourth-order valence-electron chi connectivity index (χ4n) is 1.33. The summed E-state index contributed by atoms with van der Waals surface area (Å²) < 4.78 is 0. The molecule has 0 bridgehead atoms. The monoisotopic (exact) mass is 252 g/mol. The third-order valence-electron chi connectivity index (χ3n) is 2.27. The predicted octanol–water partition coefficient (Wildman–Crippen LogP) is -0.998. The molecule has 0 saturated heterocycles. The first kappa shape index (κ1) is 13.8. The molecule has 0 radical (unpaired) electrons. The Hall–Kier alpha value is -2.22. The standard InChI is InChI=1S/C10H16N6O2/c1-5(2)8(9(11)17)15-10(18)6-3-13-4-7(14-6)16-12/h3-5,8H,12H2,1-2H3,(H2,11,17)(H,14,16)(H,15,18). The summed E-state index contributed by atoms with van der Waals surface area (Å²) in [4.78, 5) is 30.7. The van der Waals surface area contributed by atoms with Gasteiger partial charge >= 0.3 is 0 Å². The van der Waals surface area contributed by atoms with Gasteiger partial charge in [-0.3, -0.25) is 14.6 Å². The second-order valence-electron chi connectivity index (χ2n) is 4.03. The number of nitrogens with one attached hydrogen (secondary N) is 2. The molecule has 1 unspecified atom stereocenters. The van der Waals surface area contributed by atoms with E-state index in [4.69, 9.17) is 11.6 Å². The van der Waals surface area contributed by atoms with Gasteiger partial charge in [-0.25, -0.2) is 10.8 Å². The Kier molecular flexibility index (Phi) is 4.55. The molecule has 1 heterocycles. The van der Waals surface area contributed by atoms with Gasteiger partial charge in [0, 0.05) is 0 Å². The number of nitrogen functional groups attached to an aromatic ring is 1. The van der Waals surface area contributed by atoms with Crippen LogP contribution in [0.1, 0.15) is 24.3 Å². The van der Waals surface area contributed by atoms with Crippen molar-refractivity contribution in [1.29, 1.82) is 0 Å². The second kappa shape index (κ2) is 5.92.